The molecular formula is C19H29N3O5S. The molecule has 0 saturated heterocycles. The number of benzene rings is 1. The van der Waals surface area contributed by atoms with Gasteiger partial charge in [-0.3, -0.25) is 14.4 Å². The van der Waals surface area contributed by atoms with Crippen molar-refractivity contribution in [2.45, 2.75) is 51.5 Å². The van der Waals surface area contributed by atoms with Crippen LogP contribution in [0.1, 0.15) is 51.4 Å². The van der Waals surface area contributed by atoms with Gasteiger partial charge >= 0.3 is 0 Å². The van der Waals surface area contributed by atoms with Gasteiger partial charge in [0.25, 0.3) is 0 Å². The van der Waals surface area contributed by atoms with E-state index in [-0.39, 0.29) is 42.0 Å². The SMILES string of the molecule is CCN(CC(=O)NC(C)(C)C)C(=O)CCNS(=O)(=O)c1ccc(C(C)=O)cc1. The summed E-state index contributed by atoms with van der Waals surface area (Å²) in [7, 11) is -3.79. The third-order valence-corrected chi connectivity index (χ3v) is 5.26. The molecule has 0 atom stereocenters. The Kier molecular flexibility index (Phi) is 8.31. The van der Waals surface area contributed by atoms with Crippen molar-refractivity contribution in [2.24, 2.45) is 0 Å². The van der Waals surface area contributed by atoms with Crippen molar-refractivity contribution in [3.05, 3.63) is 29.8 Å². The van der Waals surface area contributed by atoms with E-state index in [1.807, 2.05) is 20.8 Å². The van der Waals surface area contributed by atoms with Gasteiger partial charge in [-0.05, 0) is 46.8 Å². The number of hydrogen-bond acceptors (Lipinski definition) is 5. The Labute approximate surface area is 166 Å². The Bertz CT molecular complexity index is 811. The number of carbonyl (C=O) groups is 3. The molecule has 156 valence electrons. The second-order valence-electron chi connectivity index (χ2n) is 7.43. The van der Waals surface area contributed by atoms with E-state index in [4.69, 9.17) is 0 Å². The lowest BCUT2D eigenvalue weighted by Gasteiger charge is -2.25. The first-order valence-corrected chi connectivity index (χ1v) is 10.5. The van der Waals surface area contributed by atoms with Gasteiger partial charge in [0, 0.05) is 30.6 Å². The fraction of sp³-hybridized carbons (Fsp3) is 0.526. The summed E-state index contributed by atoms with van der Waals surface area (Å²) in [5.74, 6) is -0.743. The van der Waals surface area contributed by atoms with E-state index < -0.39 is 15.6 Å². The summed E-state index contributed by atoms with van der Waals surface area (Å²) >= 11 is 0. The molecule has 0 spiro atoms. The minimum atomic E-state index is -3.79. The van der Waals surface area contributed by atoms with Gasteiger partial charge < -0.3 is 10.2 Å². The number of rotatable bonds is 9. The highest BCUT2D eigenvalue weighted by Gasteiger charge is 2.20. The molecule has 28 heavy (non-hydrogen) atoms. The lowest BCUT2D eigenvalue weighted by molar-refractivity contribution is -0.136. The molecule has 0 aliphatic carbocycles. The van der Waals surface area contributed by atoms with Crippen LogP contribution >= 0.6 is 0 Å². The van der Waals surface area contributed by atoms with Crippen molar-refractivity contribution < 1.29 is 22.8 Å². The van der Waals surface area contributed by atoms with E-state index in [1.165, 1.54) is 36.1 Å². The number of ketones is 1. The highest BCUT2D eigenvalue weighted by molar-refractivity contribution is 7.89. The zero-order chi connectivity index (χ0) is 21.5. The summed E-state index contributed by atoms with van der Waals surface area (Å²) in [6.07, 6.45) is -0.0681. The summed E-state index contributed by atoms with van der Waals surface area (Å²) in [6, 6.07) is 5.57. The molecule has 0 aromatic heterocycles. The molecule has 0 saturated carbocycles. The Morgan fingerprint density at radius 1 is 1.07 bits per heavy atom. The lowest BCUT2D eigenvalue weighted by Crippen LogP contribution is -2.47. The second kappa shape index (κ2) is 9.79. The molecule has 0 heterocycles. The van der Waals surface area contributed by atoms with Crippen LogP contribution in [0.2, 0.25) is 0 Å². The summed E-state index contributed by atoms with van der Waals surface area (Å²) in [5, 5.41) is 2.78. The monoisotopic (exact) mass is 411 g/mol. The molecule has 1 rings (SSSR count). The third kappa shape index (κ3) is 7.77. The topological polar surface area (TPSA) is 113 Å². The first kappa shape index (κ1) is 23.8. The van der Waals surface area contributed by atoms with Gasteiger partial charge in [-0.15, -0.1) is 0 Å². The molecule has 1 aromatic rings. The molecule has 0 aliphatic heterocycles. The molecule has 1 aromatic carbocycles. The quantitative estimate of drug-likeness (QED) is 0.595. The summed E-state index contributed by atoms with van der Waals surface area (Å²) < 4.78 is 26.9. The van der Waals surface area contributed by atoms with Gasteiger partial charge in [0.15, 0.2) is 5.78 Å². The normalized spacial score (nSPS) is 11.8. The van der Waals surface area contributed by atoms with Gasteiger partial charge in [-0.25, -0.2) is 13.1 Å². The van der Waals surface area contributed by atoms with E-state index in [0.717, 1.165) is 0 Å². The van der Waals surface area contributed by atoms with Gasteiger partial charge in [0.2, 0.25) is 21.8 Å². The molecule has 2 N–H and O–H groups in total. The van der Waals surface area contributed by atoms with E-state index in [9.17, 15) is 22.8 Å². The van der Waals surface area contributed by atoms with Crippen LogP contribution in [0.4, 0.5) is 0 Å². The van der Waals surface area contributed by atoms with E-state index in [2.05, 4.69) is 10.0 Å². The van der Waals surface area contributed by atoms with Crippen molar-refractivity contribution in [1.82, 2.24) is 14.9 Å². The average molecular weight is 412 g/mol. The van der Waals surface area contributed by atoms with Crippen LogP contribution in [0.3, 0.4) is 0 Å². The van der Waals surface area contributed by atoms with Crippen molar-refractivity contribution in [3.8, 4) is 0 Å². The van der Waals surface area contributed by atoms with Gasteiger partial charge in [-0.2, -0.15) is 0 Å². The number of carbonyl (C=O) groups excluding carboxylic acids is 3. The Balaban J connectivity index is 2.61. The van der Waals surface area contributed by atoms with Crippen LogP contribution in [0.5, 0.6) is 0 Å². The van der Waals surface area contributed by atoms with Crippen molar-refractivity contribution >= 4 is 27.6 Å². The van der Waals surface area contributed by atoms with Crippen LogP contribution in [0, 0.1) is 0 Å². The standard InChI is InChI=1S/C19H29N3O5S/c1-6-22(13-17(24)21-19(3,4)5)18(25)11-12-20-28(26,27)16-9-7-15(8-10-16)14(2)23/h7-10,20H,6,11-13H2,1-5H3,(H,21,24). The molecule has 0 fully saturated rings. The van der Waals surface area contributed by atoms with Crippen LogP contribution < -0.4 is 10.0 Å². The Morgan fingerprint density at radius 2 is 1.64 bits per heavy atom. The maximum absolute atomic E-state index is 12.3. The Morgan fingerprint density at radius 3 is 2.11 bits per heavy atom. The molecule has 0 radical (unpaired) electrons. The van der Waals surface area contributed by atoms with Crippen molar-refractivity contribution in [2.75, 3.05) is 19.6 Å². The zero-order valence-corrected chi connectivity index (χ0v) is 17.9. The Hall–Kier alpha value is -2.26. The highest BCUT2D eigenvalue weighted by atomic mass is 32.2. The second-order valence-corrected chi connectivity index (χ2v) is 9.20. The predicted molar refractivity (Wildman–Crippen MR) is 106 cm³/mol. The molecule has 8 nitrogen and oxygen atoms in total. The molecule has 9 heteroatoms. The van der Waals surface area contributed by atoms with E-state index in [1.54, 1.807) is 6.92 Å². The molecule has 2 amide bonds. The fourth-order valence-electron chi connectivity index (χ4n) is 2.41. The minimum absolute atomic E-state index is 0.0156. The predicted octanol–water partition coefficient (Wildman–Crippen LogP) is 1.32. The van der Waals surface area contributed by atoms with Crippen LogP contribution in [0.15, 0.2) is 29.2 Å². The van der Waals surface area contributed by atoms with E-state index >= 15 is 0 Å². The van der Waals surface area contributed by atoms with Crippen LogP contribution in [-0.2, 0) is 19.6 Å². The average Bonchev–Trinajstić information content (AvgIpc) is 2.57. The zero-order valence-electron chi connectivity index (χ0n) is 17.0. The summed E-state index contributed by atoms with van der Waals surface area (Å²) in [4.78, 5) is 36.9. The maximum Gasteiger partial charge on any atom is 0.240 e. The molecular weight excluding hydrogens is 382 g/mol. The van der Waals surface area contributed by atoms with Crippen LogP contribution in [-0.4, -0.2) is 56.1 Å². The van der Waals surface area contributed by atoms with Crippen LogP contribution in [0.25, 0.3) is 0 Å². The smallest absolute Gasteiger partial charge is 0.240 e. The number of hydrogen-bond donors (Lipinski definition) is 2. The minimum Gasteiger partial charge on any atom is -0.350 e. The number of likely N-dealkylation sites (N-methyl/N-ethyl adjacent to an activating group) is 1. The molecule has 0 unspecified atom stereocenters. The lowest BCUT2D eigenvalue weighted by atomic mass is 10.1. The highest BCUT2D eigenvalue weighted by Crippen LogP contribution is 2.11. The number of nitrogens with zero attached hydrogens (tertiary/aromatic N) is 1. The summed E-state index contributed by atoms with van der Waals surface area (Å²) in [6.45, 7) is 8.87. The van der Waals surface area contributed by atoms with Gasteiger partial charge in [-0.1, -0.05) is 12.1 Å². The number of Topliss-reactive ketones (excluding diaryl/α,β-unsaturated/α-hetero) is 1. The van der Waals surface area contributed by atoms with Crippen molar-refractivity contribution in [1.29, 1.82) is 0 Å². The van der Waals surface area contributed by atoms with E-state index in [0.29, 0.717) is 12.1 Å². The number of amides is 2. The largest absolute Gasteiger partial charge is 0.350 e. The van der Waals surface area contributed by atoms with Gasteiger partial charge in [0.1, 0.15) is 0 Å². The number of nitrogens with one attached hydrogen (secondary N) is 2. The molecule has 0 bridgehead atoms. The summed E-state index contributed by atoms with van der Waals surface area (Å²) in [5.41, 5.74) is 0.0221. The first-order chi connectivity index (χ1) is 12.9. The number of sulfonamides is 1. The fourth-order valence-corrected chi connectivity index (χ4v) is 3.44. The van der Waals surface area contributed by atoms with Gasteiger partial charge in [0.05, 0.1) is 11.4 Å². The van der Waals surface area contributed by atoms with Crippen molar-refractivity contribution in [3.63, 3.8) is 0 Å². The first-order valence-electron chi connectivity index (χ1n) is 9.05. The third-order valence-electron chi connectivity index (χ3n) is 3.79. The molecule has 0 aliphatic rings. The maximum atomic E-state index is 12.3.